The highest BCUT2D eigenvalue weighted by Gasteiger charge is 2.15. The topological polar surface area (TPSA) is 41.5 Å². The van der Waals surface area contributed by atoms with Gasteiger partial charge in [-0.25, -0.2) is 0 Å². The molecule has 0 saturated heterocycles. The van der Waals surface area contributed by atoms with E-state index in [0.717, 1.165) is 0 Å². The van der Waals surface area contributed by atoms with E-state index in [1.165, 1.54) is 16.7 Å². The van der Waals surface area contributed by atoms with Crippen molar-refractivity contribution in [3.05, 3.63) is 71.3 Å². The van der Waals surface area contributed by atoms with E-state index < -0.39 is 6.10 Å². The van der Waals surface area contributed by atoms with Crippen molar-refractivity contribution in [2.75, 3.05) is 20.3 Å². The maximum absolute atomic E-state index is 9.85. The fraction of sp³-hybridized carbons (Fsp3) is 0.333. The molecule has 0 unspecified atom stereocenters. The quantitative estimate of drug-likeness (QED) is 0.822. The van der Waals surface area contributed by atoms with Crippen LogP contribution >= 0.6 is 0 Å². The first-order valence-electron chi connectivity index (χ1n) is 7.22. The van der Waals surface area contributed by atoms with Gasteiger partial charge in [-0.15, -0.1) is 0 Å². The van der Waals surface area contributed by atoms with Crippen molar-refractivity contribution < 1.29 is 9.84 Å². The monoisotopic (exact) mass is 285 g/mol. The summed E-state index contributed by atoms with van der Waals surface area (Å²) in [5, 5.41) is 13.3. The SMILES string of the molecule is COC[C@H](O)CN[C@H](c1ccccc1)c1ccc(C)cc1. The summed E-state index contributed by atoms with van der Waals surface area (Å²) in [4.78, 5) is 0. The van der Waals surface area contributed by atoms with Crippen LogP contribution in [0.1, 0.15) is 22.7 Å². The van der Waals surface area contributed by atoms with E-state index >= 15 is 0 Å². The second-order valence-corrected chi connectivity index (χ2v) is 5.27. The van der Waals surface area contributed by atoms with E-state index in [1.54, 1.807) is 7.11 Å². The molecule has 0 aliphatic carbocycles. The lowest BCUT2D eigenvalue weighted by atomic mass is 9.97. The third-order valence-electron chi connectivity index (χ3n) is 3.46. The number of rotatable bonds is 7. The Kier molecular flexibility index (Phi) is 5.93. The number of aliphatic hydroxyl groups excluding tert-OH is 1. The third kappa shape index (κ3) is 4.67. The Hall–Kier alpha value is -1.68. The predicted molar refractivity (Wildman–Crippen MR) is 85.3 cm³/mol. The first-order chi connectivity index (χ1) is 10.2. The average Bonchev–Trinajstić information content (AvgIpc) is 2.50. The molecule has 0 radical (unpaired) electrons. The Balaban J connectivity index is 2.16. The van der Waals surface area contributed by atoms with Gasteiger partial charge in [0.05, 0.1) is 18.8 Å². The lowest BCUT2D eigenvalue weighted by Gasteiger charge is -2.22. The van der Waals surface area contributed by atoms with Crippen molar-refractivity contribution in [1.29, 1.82) is 0 Å². The van der Waals surface area contributed by atoms with Gasteiger partial charge >= 0.3 is 0 Å². The number of aryl methyl sites for hydroxylation is 1. The molecule has 3 nitrogen and oxygen atoms in total. The van der Waals surface area contributed by atoms with Gasteiger partial charge in [0.15, 0.2) is 0 Å². The highest BCUT2D eigenvalue weighted by Crippen LogP contribution is 2.22. The Morgan fingerprint density at radius 3 is 2.24 bits per heavy atom. The summed E-state index contributed by atoms with van der Waals surface area (Å²) in [6.07, 6.45) is -0.508. The summed E-state index contributed by atoms with van der Waals surface area (Å²) in [6, 6.07) is 18.8. The molecular formula is C18H23NO2. The lowest BCUT2D eigenvalue weighted by molar-refractivity contribution is 0.0634. The molecule has 21 heavy (non-hydrogen) atoms. The standard InChI is InChI=1S/C18H23NO2/c1-14-8-10-16(11-9-14)18(15-6-4-3-5-7-15)19-12-17(20)13-21-2/h3-11,17-20H,12-13H2,1-2H3/t17-,18-/m1/s1. The largest absolute Gasteiger partial charge is 0.389 e. The fourth-order valence-electron chi connectivity index (χ4n) is 2.34. The second-order valence-electron chi connectivity index (χ2n) is 5.27. The summed E-state index contributed by atoms with van der Waals surface area (Å²) in [5.41, 5.74) is 3.62. The number of methoxy groups -OCH3 is 1. The molecule has 0 saturated carbocycles. The highest BCUT2D eigenvalue weighted by atomic mass is 16.5. The zero-order chi connectivity index (χ0) is 15.1. The third-order valence-corrected chi connectivity index (χ3v) is 3.46. The minimum absolute atomic E-state index is 0.0679. The number of hydrogen-bond acceptors (Lipinski definition) is 3. The van der Waals surface area contributed by atoms with Crippen molar-refractivity contribution in [2.45, 2.75) is 19.1 Å². The molecule has 2 N–H and O–H groups in total. The molecule has 3 heteroatoms. The van der Waals surface area contributed by atoms with Gasteiger partial charge in [-0.05, 0) is 18.1 Å². The summed E-state index contributed by atoms with van der Waals surface area (Å²) in [5.74, 6) is 0. The van der Waals surface area contributed by atoms with E-state index in [1.807, 2.05) is 18.2 Å². The molecule has 0 spiro atoms. The van der Waals surface area contributed by atoms with Crippen molar-refractivity contribution in [3.63, 3.8) is 0 Å². The molecule has 0 aromatic heterocycles. The lowest BCUT2D eigenvalue weighted by Crippen LogP contribution is -2.33. The molecule has 0 bridgehead atoms. The van der Waals surface area contributed by atoms with Crippen LogP contribution in [0.15, 0.2) is 54.6 Å². The maximum atomic E-state index is 9.85. The van der Waals surface area contributed by atoms with Crippen LogP contribution in [0.2, 0.25) is 0 Å². The van der Waals surface area contributed by atoms with Crippen molar-refractivity contribution in [3.8, 4) is 0 Å². The summed E-state index contributed by atoms with van der Waals surface area (Å²) < 4.78 is 4.97. The normalized spacial score (nSPS) is 13.9. The van der Waals surface area contributed by atoms with E-state index in [0.29, 0.717) is 13.2 Å². The zero-order valence-corrected chi connectivity index (χ0v) is 12.6. The molecule has 2 atom stereocenters. The van der Waals surface area contributed by atoms with Gasteiger partial charge < -0.3 is 15.2 Å². The Morgan fingerprint density at radius 1 is 1.00 bits per heavy atom. The molecule has 2 rings (SSSR count). The zero-order valence-electron chi connectivity index (χ0n) is 12.6. The van der Waals surface area contributed by atoms with Gasteiger partial charge in [0.25, 0.3) is 0 Å². The van der Waals surface area contributed by atoms with Gasteiger partial charge in [-0.2, -0.15) is 0 Å². The van der Waals surface area contributed by atoms with E-state index in [4.69, 9.17) is 4.74 Å². The Morgan fingerprint density at radius 2 is 1.62 bits per heavy atom. The molecule has 2 aromatic rings. The van der Waals surface area contributed by atoms with Gasteiger partial charge in [-0.1, -0.05) is 60.2 Å². The van der Waals surface area contributed by atoms with Crippen LogP contribution in [-0.2, 0) is 4.74 Å². The average molecular weight is 285 g/mol. The maximum Gasteiger partial charge on any atom is 0.0897 e. The van der Waals surface area contributed by atoms with E-state index in [-0.39, 0.29) is 6.04 Å². The van der Waals surface area contributed by atoms with Gasteiger partial charge in [0.1, 0.15) is 0 Å². The van der Waals surface area contributed by atoms with Crippen LogP contribution in [-0.4, -0.2) is 31.5 Å². The van der Waals surface area contributed by atoms with Crippen molar-refractivity contribution in [1.82, 2.24) is 5.32 Å². The smallest absolute Gasteiger partial charge is 0.0897 e. The van der Waals surface area contributed by atoms with Crippen molar-refractivity contribution in [2.24, 2.45) is 0 Å². The Bertz CT molecular complexity index is 525. The van der Waals surface area contributed by atoms with Gasteiger partial charge in [0.2, 0.25) is 0 Å². The number of hydrogen-bond donors (Lipinski definition) is 2. The number of nitrogens with one attached hydrogen (secondary N) is 1. The van der Waals surface area contributed by atoms with Crippen LogP contribution in [0, 0.1) is 6.92 Å². The predicted octanol–water partition coefficient (Wildman–Crippen LogP) is 2.68. The molecule has 0 heterocycles. The van der Waals surface area contributed by atoms with E-state index in [9.17, 15) is 5.11 Å². The van der Waals surface area contributed by atoms with Crippen LogP contribution in [0.3, 0.4) is 0 Å². The van der Waals surface area contributed by atoms with Crippen molar-refractivity contribution >= 4 is 0 Å². The minimum Gasteiger partial charge on any atom is -0.389 e. The van der Waals surface area contributed by atoms with Gasteiger partial charge in [0, 0.05) is 13.7 Å². The van der Waals surface area contributed by atoms with Crippen LogP contribution < -0.4 is 5.32 Å². The summed E-state index contributed by atoms with van der Waals surface area (Å²) in [6.45, 7) is 2.90. The fourth-order valence-corrected chi connectivity index (χ4v) is 2.34. The van der Waals surface area contributed by atoms with Gasteiger partial charge in [-0.3, -0.25) is 0 Å². The van der Waals surface area contributed by atoms with Crippen LogP contribution in [0.4, 0.5) is 0 Å². The molecule has 0 fully saturated rings. The molecular weight excluding hydrogens is 262 g/mol. The summed E-state index contributed by atoms with van der Waals surface area (Å²) in [7, 11) is 1.60. The summed E-state index contributed by atoms with van der Waals surface area (Å²) >= 11 is 0. The number of benzene rings is 2. The Labute approximate surface area is 126 Å². The molecule has 0 aliphatic rings. The number of aliphatic hydroxyl groups is 1. The number of ether oxygens (including phenoxy) is 1. The van der Waals surface area contributed by atoms with Crippen LogP contribution in [0.25, 0.3) is 0 Å². The van der Waals surface area contributed by atoms with E-state index in [2.05, 4.69) is 48.6 Å². The first-order valence-corrected chi connectivity index (χ1v) is 7.22. The first kappa shape index (κ1) is 15.7. The molecule has 0 amide bonds. The molecule has 2 aromatic carbocycles. The highest BCUT2D eigenvalue weighted by molar-refractivity contribution is 5.33. The second kappa shape index (κ2) is 7.93. The molecule has 112 valence electrons. The minimum atomic E-state index is -0.508. The molecule has 0 aliphatic heterocycles. The van der Waals surface area contributed by atoms with Crippen LogP contribution in [0.5, 0.6) is 0 Å².